The quantitative estimate of drug-likeness (QED) is 0.874. The molecule has 1 amide bonds. The largest absolute Gasteiger partial charge is 0.495 e. The summed E-state index contributed by atoms with van der Waals surface area (Å²) in [7, 11) is 3.05. The van der Waals surface area contributed by atoms with Crippen molar-refractivity contribution < 1.29 is 14.3 Å². The van der Waals surface area contributed by atoms with Gasteiger partial charge in [0.05, 0.1) is 24.9 Å². The van der Waals surface area contributed by atoms with Crippen molar-refractivity contribution in [3.63, 3.8) is 0 Å². The van der Waals surface area contributed by atoms with Gasteiger partial charge in [0.2, 0.25) is 5.91 Å². The van der Waals surface area contributed by atoms with Crippen molar-refractivity contribution in [3.8, 4) is 11.5 Å². The molecule has 0 heterocycles. The minimum atomic E-state index is -0.0658. The maximum atomic E-state index is 11.7. The molecule has 0 fully saturated rings. The van der Waals surface area contributed by atoms with Gasteiger partial charge in [0.25, 0.3) is 0 Å². The zero-order valence-electron chi connectivity index (χ0n) is 10.6. The summed E-state index contributed by atoms with van der Waals surface area (Å²) >= 11 is 7.63. The molecular weight excluding hydrogens is 274 g/mol. The van der Waals surface area contributed by atoms with Crippen LogP contribution in [0.5, 0.6) is 11.5 Å². The first-order chi connectivity index (χ1) is 8.62. The number of anilines is 1. The standard InChI is InChI=1S/C12H16ClNO3S/c1-16-10-7-11(17-2)9(6-8(10)13)14-12(15)4-5-18-3/h6-7H,4-5H2,1-3H3,(H,14,15). The number of carbonyl (C=O) groups is 1. The summed E-state index contributed by atoms with van der Waals surface area (Å²) in [5, 5.41) is 3.20. The molecule has 100 valence electrons. The van der Waals surface area contributed by atoms with Gasteiger partial charge in [0, 0.05) is 18.2 Å². The van der Waals surface area contributed by atoms with Crippen LogP contribution in [-0.2, 0) is 4.79 Å². The smallest absolute Gasteiger partial charge is 0.225 e. The van der Waals surface area contributed by atoms with Gasteiger partial charge in [0.1, 0.15) is 11.5 Å². The van der Waals surface area contributed by atoms with Crippen LogP contribution in [0.15, 0.2) is 12.1 Å². The van der Waals surface area contributed by atoms with E-state index >= 15 is 0 Å². The molecule has 0 spiro atoms. The fraction of sp³-hybridized carbons (Fsp3) is 0.417. The molecule has 0 saturated heterocycles. The molecule has 0 bridgehead atoms. The lowest BCUT2D eigenvalue weighted by Gasteiger charge is -2.12. The van der Waals surface area contributed by atoms with Crippen LogP contribution in [0.1, 0.15) is 6.42 Å². The van der Waals surface area contributed by atoms with E-state index in [-0.39, 0.29) is 5.91 Å². The molecule has 1 aromatic carbocycles. The van der Waals surface area contributed by atoms with Crippen molar-refractivity contribution in [2.75, 3.05) is 31.5 Å². The van der Waals surface area contributed by atoms with Crippen molar-refractivity contribution >= 4 is 35.0 Å². The molecule has 1 rings (SSSR count). The molecule has 1 N–H and O–H groups in total. The molecule has 0 aliphatic heterocycles. The Morgan fingerprint density at radius 3 is 2.56 bits per heavy atom. The second-order valence-electron chi connectivity index (χ2n) is 3.48. The van der Waals surface area contributed by atoms with Gasteiger partial charge < -0.3 is 14.8 Å². The number of carbonyl (C=O) groups excluding carboxylic acids is 1. The van der Waals surface area contributed by atoms with Crippen LogP contribution in [0.4, 0.5) is 5.69 Å². The number of methoxy groups -OCH3 is 2. The number of hydrogen-bond acceptors (Lipinski definition) is 4. The summed E-state index contributed by atoms with van der Waals surface area (Å²) in [6.07, 6.45) is 2.41. The van der Waals surface area contributed by atoms with E-state index in [4.69, 9.17) is 21.1 Å². The highest BCUT2D eigenvalue weighted by Crippen LogP contribution is 2.35. The predicted molar refractivity (Wildman–Crippen MR) is 76.2 cm³/mol. The van der Waals surface area contributed by atoms with Gasteiger partial charge in [-0.2, -0.15) is 11.8 Å². The van der Waals surface area contributed by atoms with Crippen molar-refractivity contribution in [3.05, 3.63) is 17.2 Å². The highest BCUT2D eigenvalue weighted by Gasteiger charge is 2.12. The lowest BCUT2D eigenvalue weighted by molar-refractivity contribution is -0.115. The zero-order valence-corrected chi connectivity index (χ0v) is 12.2. The SMILES string of the molecule is COc1cc(OC)c(NC(=O)CCSC)cc1Cl. The van der Waals surface area contributed by atoms with Crippen LogP contribution in [0.2, 0.25) is 5.02 Å². The monoisotopic (exact) mass is 289 g/mol. The molecule has 1 aromatic rings. The Hall–Kier alpha value is -1.07. The lowest BCUT2D eigenvalue weighted by atomic mass is 10.2. The van der Waals surface area contributed by atoms with Gasteiger partial charge >= 0.3 is 0 Å². The van der Waals surface area contributed by atoms with Crippen molar-refractivity contribution in [1.29, 1.82) is 0 Å². The van der Waals surface area contributed by atoms with E-state index < -0.39 is 0 Å². The topological polar surface area (TPSA) is 47.6 Å². The van der Waals surface area contributed by atoms with Gasteiger partial charge in [-0.25, -0.2) is 0 Å². The number of amides is 1. The minimum absolute atomic E-state index is 0.0658. The van der Waals surface area contributed by atoms with Crippen LogP contribution < -0.4 is 14.8 Å². The minimum Gasteiger partial charge on any atom is -0.495 e. The van der Waals surface area contributed by atoms with E-state index in [0.29, 0.717) is 28.6 Å². The number of nitrogens with one attached hydrogen (secondary N) is 1. The number of rotatable bonds is 6. The number of benzene rings is 1. The van der Waals surface area contributed by atoms with Crippen LogP contribution in [-0.4, -0.2) is 32.1 Å². The second-order valence-corrected chi connectivity index (χ2v) is 4.87. The summed E-state index contributed by atoms with van der Waals surface area (Å²) in [5.41, 5.74) is 0.550. The Labute approximate surface area is 116 Å². The van der Waals surface area contributed by atoms with E-state index in [1.54, 1.807) is 23.9 Å². The fourth-order valence-corrected chi connectivity index (χ4v) is 2.00. The van der Waals surface area contributed by atoms with Gasteiger partial charge in [0.15, 0.2) is 0 Å². The molecule has 0 unspecified atom stereocenters. The molecule has 0 radical (unpaired) electrons. The van der Waals surface area contributed by atoms with Crippen LogP contribution in [0.25, 0.3) is 0 Å². The maximum Gasteiger partial charge on any atom is 0.225 e. The first kappa shape index (κ1) is 15.0. The third-order valence-corrected chi connectivity index (χ3v) is 3.19. The van der Waals surface area contributed by atoms with Crippen LogP contribution >= 0.6 is 23.4 Å². The summed E-state index contributed by atoms with van der Waals surface area (Å²) in [4.78, 5) is 11.7. The molecule has 0 aromatic heterocycles. The van der Waals surface area contributed by atoms with Gasteiger partial charge in [-0.1, -0.05) is 11.6 Å². The first-order valence-corrected chi connectivity index (χ1v) is 7.09. The summed E-state index contributed by atoms with van der Waals surface area (Å²) in [6, 6.07) is 3.27. The molecule has 0 atom stereocenters. The van der Waals surface area contributed by atoms with E-state index in [1.807, 2.05) is 6.26 Å². The van der Waals surface area contributed by atoms with Gasteiger partial charge in [-0.15, -0.1) is 0 Å². The highest BCUT2D eigenvalue weighted by molar-refractivity contribution is 7.98. The van der Waals surface area contributed by atoms with E-state index in [1.165, 1.54) is 14.2 Å². The molecular formula is C12H16ClNO3S. The predicted octanol–water partition coefficient (Wildman–Crippen LogP) is 3.05. The summed E-state index contributed by atoms with van der Waals surface area (Å²) in [5.74, 6) is 1.74. The Kier molecular flexibility index (Phi) is 6.15. The summed E-state index contributed by atoms with van der Waals surface area (Å²) < 4.78 is 10.3. The van der Waals surface area contributed by atoms with Gasteiger partial charge in [-0.05, 0) is 12.3 Å². The zero-order chi connectivity index (χ0) is 13.5. The average molecular weight is 290 g/mol. The number of thioether (sulfide) groups is 1. The normalized spacial score (nSPS) is 10.0. The molecule has 18 heavy (non-hydrogen) atoms. The Balaban J connectivity index is 2.87. The number of ether oxygens (including phenoxy) is 2. The molecule has 0 aliphatic rings. The summed E-state index contributed by atoms with van der Waals surface area (Å²) in [6.45, 7) is 0. The van der Waals surface area contributed by atoms with E-state index in [2.05, 4.69) is 5.32 Å². The van der Waals surface area contributed by atoms with Crippen molar-refractivity contribution in [2.45, 2.75) is 6.42 Å². The Morgan fingerprint density at radius 1 is 1.33 bits per heavy atom. The first-order valence-electron chi connectivity index (χ1n) is 5.32. The van der Waals surface area contributed by atoms with E-state index in [9.17, 15) is 4.79 Å². The lowest BCUT2D eigenvalue weighted by Crippen LogP contribution is -2.13. The van der Waals surface area contributed by atoms with Crippen molar-refractivity contribution in [2.24, 2.45) is 0 Å². The van der Waals surface area contributed by atoms with Crippen LogP contribution in [0.3, 0.4) is 0 Å². The maximum absolute atomic E-state index is 11.7. The average Bonchev–Trinajstić information content (AvgIpc) is 2.36. The number of hydrogen-bond donors (Lipinski definition) is 1. The third kappa shape index (κ3) is 3.99. The molecule has 0 saturated carbocycles. The molecule has 6 heteroatoms. The highest BCUT2D eigenvalue weighted by atomic mass is 35.5. The molecule has 0 aliphatic carbocycles. The Morgan fingerprint density at radius 2 is 2.00 bits per heavy atom. The molecule has 4 nitrogen and oxygen atoms in total. The van der Waals surface area contributed by atoms with Crippen LogP contribution in [0, 0.1) is 0 Å². The second kappa shape index (κ2) is 7.38. The third-order valence-electron chi connectivity index (χ3n) is 2.28. The van der Waals surface area contributed by atoms with Gasteiger partial charge in [-0.3, -0.25) is 4.79 Å². The fourth-order valence-electron chi connectivity index (χ4n) is 1.37. The Bertz CT molecular complexity index is 426. The van der Waals surface area contributed by atoms with E-state index in [0.717, 1.165) is 5.75 Å². The number of halogens is 1. The van der Waals surface area contributed by atoms with Crippen molar-refractivity contribution in [1.82, 2.24) is 0 Å².